The third-order valence-corrected chi connectivity index (χ3v) is 5.61. The molecule has 1 N–H and O–H groups in total. The predicted octanol–water partition coefficient (Wildman–Crippen LogP) is 3.67. The van der Waals surface area contributed by atoms with Crippen molar-refractivity contribution >= 4 is 0 Å². The average molecular weight is 266 g/mol. The molecule has 2 rings (SSSR count). The quantitative estimate of drug-likeness (QED) is 0.817. The van der Waals surface area contributed by atoms with Gasteiger partial charge >= 0.3 is 0 Å². The van der Waals surface area contributed by atoms with Crippen LogP contribution >= 0.6 is 0 Å². The number of hydrogen-bond donors (Lipinski definition) is 1. The van der Waals surface area contributed by atoms with E-state index in [9.17, 15) is 0 Å². The van der Waals surface area contributed by atoms with Gasteiger partial charge in [-0.15, -0.1) is 0 Å². The lowest BCUT2D eigenvalue weighted by atomic mass is 9.68. The fraction of sp³-hybridized carbons (Fsp3) is 1.00. The second kappa shape index (κ2) is 7.08. The number of nitrogens with zero attached hydrogens (tertiary/aromatic N) is 1. The van der Waals surface area contributed by atoms with Gasteiger partial charge in [0.05, 0.1) is 0 Å². The molecule has 1 saturated carbocycles. The molecule has 19 heavy (non-hydrogen) atoms. The monoisotopic (exact) mass is 266 g/mol. The lowest BCUT2D eigenvalue weighted by Crippen LogP contribution is -2.51. The number of rotatable bonds is 5. The summed E-state index contributed by atoms with van der Waals surface area (Å²) in [5.41, 5.74) is 0.745. The van der Waals surface area contributed by atoms with E-state index in [0.717, 1.165) is 23.9 Å². The van der Waals surface area contributed by atoms with E-state index >= 15 is 0 Å². The highest BCUT2D eigenvalue weighted by Crippen LogP contribution is 2.44. The zero-order valence-corrected chi connectivity index (χ0v) is 13.4. The summed E-state index contributed by atoms with van der Waals surface area (Å²) in [5, 5.41) is 3.56. The summed E-state index contributed by atoms with van der Waals surface area (Å²) in [4.78, 5) is 2.77. The maximum atomic E-state index is 3.56. The van der Waals surface area contributed by atoms with Crippen molar-refractivity contribution in [3.8, 4) is 0 Å². The van der Waals surface area contributed by atoms with Crippen LogP contribution in [0.5, 0.6) is 0 Å². The van der Waals surface area contributed by atoms with Crippen molar-refractivity contribution in [3.63, 3.8) is 0 Å². The zero-order valence-electron chi connectivity index (χ0n) is 13.4. The summed E-state index contributed by atoms with van der Waals surface area (Å²) in [7, 11) is 0. The van der Waals surface area contributed by atoms with Crippen LogP contribution in [-0.2, 0) is 0 Å². The van der Waals surface area contributed by atoms with Gasteiger partial charge in [0.15, 0.2) is 0 Å². The van der Waals surface area contributed by atoms with Crippen LogP contribution in [0.2, 0.25) is 0 Å². The molecule has 2 fully saturated rings. The van der Waals surface area contributed by atoms with E-state index in [-0.39, 0.29) is 0 Å². The van der Waals surface area contributed by atoms with Crippen LogP contribution in [-0.4, -0.2) is 37.1 Å². The Bertz CT molecular complexity index is 246. The van der Waals surface area contributed by atoms with E-state index in [1.807, 2.05) is 0 Å². The van der Waals surface area contributed by atoms with Crippen LogP contribution in [0.15, 0.2) is 0 Å². The number of hydrogen-bond acceptors (Lipinski definition) is 2. The minimum Gasteiger partial charge on any atom is -0.315 e. The molecule has 0 aromatic carbocycles. The molecule has 1 heterocycles. The van der Waals surface area contributed by atoms with Crippen molar-refractivity contribution in [3.05, 3.63) is 0 Å². The van der Waals surface area contributed by atoms with Crippen molar-refractivity contribution in [2.75, 3.05) is 26.2 Å². The van der Waals surface area contributed by atoms with Gasteiger partial charge in [-0.1, -0.05) is 40.0 Å². The number of likely N-dealkylation sites (tertiary alicyclic amines) is 1. The van der Waals surface area contributed by atoms with Crippen LogP contribution in [0.25, 0.3) is 0 Å². The predicted molar refractivity (Wildman–Crippen MR) is 83.5 cm³/mol. The number of nitrogens with one attached hydrogen (secondary N) is 1. The van der Waals surface area contributed by atoms with Crippen LogP contribution in [0.4, 0.5) is 0 Å². The third-order valence-electron chi connectivity index (χ3n) is 5.61. The normalized spacial score (nSPS) is 25.9. The summed E-state index contributed by atoms with van der Waals surface area (Å²) >= 11 is 0. The maximum Gasteiger partial charge on any atom is 0.0243 e. The largest absolute Gasteiger partial charge is 0.315 e. The lowest BCUT2D eigenvalue weighted by molar-refractivity contribution is 0.0331. The summed E-state index contributed by atoms with van der Waals surface area (Å²) in [6.07, 6.45) is 10.4. The Morgan fingerprint density at radius 1 is 1.00 bits per heavy atom. The second-order valence-corrected chi connectivity index (χ2v) is 7.22. The molecule has 1 unspecified atom stereocenters. The van der Waals surface area contributed by atoms with E-state index in [1.54, 1.807) is 0 Å². The van der Waals surface area contributed by atoms with Gasteiger partial charge in [-0.25, -0.2) is 0 Å². The van der Waals surface area contributed by atoms with Crippen molar-refractivity contribution in [1.29, 1.82) is 0 Å². The van der Waals surface area contributed by atoms with Crippen LogP contribution < -0.4 is 5.32 Å². The van der Waals surface area contributed by atoms with Gasteiger partial charge in [0.25, 0.3) is 0 Å². The molecule has 1 aliphatic heterocycles. The summed E-state index contributed by atoms with van der Waals surface area (Å²) < 4.78 is 0. The first kappa shape index (κ1) is 15.3. The Hall–Kier alpha value is -0.0800. The van der Waals surface area contributed by atoms with Gasteiger partial charge in [0.1, 0.15) is 0 Å². The fourth-order valence-electron chi connectivity index (χ4n) is 4.21. The highest BCUT2D eigenvalue weighted by molar-refractivity contribution is 4.91. The summed E-state index contributed by atoms with van der Waals surface area (Å²) in [6.45, 7) is 11.9. The first-order chi connectivity index (χ1) is 9.17. The van der Waals surface area contributed by atoms with E-state index in [2.05, 4.69) is 31.0 Å². The Kier molecular flexibility index (Phi) is 5.70. The van der Waals surface area contributed by atoms with Gasteiger partial charge < -0.3 is 5.32 Å². The molecule has 2 nitrogen and oxygen atoms in total. The SMILES string of the molecule is CCNCC(C(C)C)N1CCC2(CCCCC2)CC1. The molecule has 1 saturated heterocycles. The zero-order chi connectivity index (χ0) is 13.7. The smallest absolute Gasteiger partial charge is 0.0243 e. The van der Waals surface area contributed by atoms with Gasteiger partial charge in [-0.2, -0.15) is 0 Å². The van der Waals surface area contributed by atoms with Crippen molar-refractivity contribution in [2.24, 2.45) is 11.3 Å². The third kappa shape index (κ3) is 3.95. The Balaban J connectivity index is 1.86. The summed E-state index contributed by atoms with van der Waals surface area (Å²) in [5.74, 6) is 0.763. The van der Waals surface area contributed by atoms with E-state index in [0.29, 0.717) is 0 Å². The highest BCUT2D eigenvalue weighted by Gasteiger charge is 2.37. The topological polar surface area (TPSA) is 15.3 Å². The van der Waals surface area contributed by atoms with Crippen LogP contribution in [0.1, 0.15) is 65.7 Å². The molecule has 2 heteroatoms. The van der Waals surface area contributed by atoms with Gasteiger partial charge in [-0.3, -0.25) is 4.90 Å². The van der Waals surface area contributed by atoms with Crippen molar-refractivity contribution < 1.29 is 0 Å². The molecular formula is C17H34N2. The summed E-state index contributed by atoms with van der Waals surface area (Å²) in [6, 6.07) is 0.737. The molecule has 0 radical (unpaired) electrons. The molecular weight excluding hydrogens is 232 g/mol. The van der Waals surface area contributed by atoms with Crippen molar-refractivity contribution in [2.45, 2.75) is 71.8 Å². The molecule has 1 aliphatic carbocycles. The Morgan fingerprint density at radius 2 is 1.63 bits per heavy atom. The van der Waals surface area contributed by atoms with E-state index in [4.69, 9.17) is 0 Å². The molecule has 1 atom stereocenters. The molecule has 0 aromatic rings. The minimum atomic E-state index is 0.737. The minimum absolute atomic E-state index is 0.737. The first-order valence-electron chi connectivity index (χ1n) is 8.62. The molecule has 2 aliphatic rings. The highest BCUT2D eigenvalue weighted by atomic mass is 15.2. The maximum absolute atomic E-state index is 3.56. The Morgan fingerprint density at radius 3 is 2.16 bits per heavy atom. The fourth-order valence-corrected chi connectivity index (χ4v) is 4.21. The number of piperidine rings is 1. The molecule has 112 valence electrons. The molecule has 0 bridgehead atoms. The van der Waals surface area contributed by atoms with Gasteiger partial charge in [0, 0.05) is 12.6 Å². The molecule has 0 aromatic heterocycles. The van der Waals surface area contributed by atoms with E-state index in [1.165, 1.54) is 64.6 Å². The Labute approximate surface area is 120 Å². The van der Waals surface area contributed by atoms with Gasteiger partial charge in [-0.05, 0) is 56.7 Å². The van der Waals surface area contributed by atoms with Gasteiger partial charge in [0.2, 0.25) is 0 Å². The second-order valence-electron chi connectivity index (χ2n) is 7.22. The average Bonchev–Trinajstić information content (AvgIpc) is 2.42. The van der Waals surface area contributed by atoms with Crippen LogP contribution in [0, 0.1) is 11.3 Å². The first-order valence-corrected chi connectivity index (χ1v) is 8.62. The van der Waals surface area contributed by atoms with Crippen LogP contribution in [0.3, 0.4) is 0 Å². The van der Waals surface area contributed by atoms with Crippen molar-refractivity contribution in [1.82, 2.24) is 10.2 Å². The number of likely N-dealkylation sites (N-methyl/N-ethyl adjacent to an activating group) is 1. The van der Waals surface area contributed by atoms with E-state index < -0.39 is 0 Å². The molecule has 1 spiro atoms. The lowest BCUT2D eigenvalue weighted by Gasteiger charge is -2.47. The standard InChI is InChI=1S/C17H34N2/c1-4-18-14-16(15(2)3)19-12-10-17(11-13-19)8-6-5-7-9-17/h15-16,18H,4-14H2,1-3H3. The molecule has 0 amide bonds.